The van der Waals surface area contributed by atoms with Crippen molar-refractivity contribution in [3.8, 4) is 0 Å². The second-order valence-electron chi connectivity index (χ2n) is 10.8. The van der Waals surface area contributed by atoms with E-state index in [1.165, 1.54) is 0 Å². The van der Waals surface area contributed by atoms with Gasteiger partial charge in [0.25, 0.3) is 11.8 Å². The van der Waals surface area contributed by atoms with Crippen molar-refractivity contribution in [3.63, 3.8) is 0 Å². The molecule has 0 unspecified atom stereocenters. The largest absolute Gasteiger partial charge is 0.387 e. The van der Waals surface area contributed by atoms with Crippen LogP contribution in [0.2, 0.25) is 0 Å². The maximum atomic E-state index is 11.8. The van der Waals surface area contributed by atoms with Crippen LogP contribution in [0.15, 0.2) is 0 Å². The average molecular weight is 1130 g/mol. The van der Waals surface area contributed by atoms with Gasteiger partial charge in [0.2, 0.25) is 11.1 Å². The Labute approximate surface area is 352 Å². The first-order valence-electron chi connectivity index (χ1n) is 15.9. The topological polar surface area (TPSA) is 369 Å². The third-order valence-electron chi connectivity index (χ3n) is 6.49. The number of carbonyl (C=O) groups is 7. The number of carbonyl (C=O) groups excluding carboxylic acids is 7. The van der Waals surface area contributed by atoms with Crippen molar-refractivity contribution in [3.05, 3.63) is 0 Å². The smallest absolute Gasteiger partial charge is 0.251 e. The fourth-order valence-corrected chi connectivity index (χ4v) is 4.17. The van der Waals surface area contributed by atoms with E-state index in [0.717, 1.165) is 0 Å². The normalized spacial score (nSPS) is 15.2. The molecule has 15 N–H and O–H groups in total. The van der Waals surface area contributed by atoms with E-state index in [2.05, 4.69) is 16.0 Å². The second kappa shape index (κ2) is 34.4. The lowest BCUT2D eigenvalue weighted by atomic mass is 9.97. The molecule has 0 saturated carbocycles. The highest BCUT2D eigenvalue weighted by Gasteiger charge is 2.38. The summed E-state index contributed by atoms with van der Waals surface area (Å²) in [4.78, 5) is 78.2. The van der Waals surface area contributed by atoms with Crippen LogP contribution in [0.1, 0.15) is 38.5 Å². The van der Waals surface area contributed by atoms with Gasteiger partial charge < -0.3 is 68.3 Å². The van der Waals surface area contributed by atoms with Gasteiger partial charge in [-0.2, -0.15) is 0 Å². The van der Waals surface area contributed by atoms with E-state index in [4.69, 9.17) is 23.1 Å². The molecule has 0 spiro atoms. The summed E-state index contributed by atoms with van der Waals surface area (Å²) in [5.41, 5.74) is 10.3. The van der Waals surface area contributed by atoms with Crippen molar-refractivity contribution in [1.82, 2.24) is 16.0 Å². The number of hydrogen-bond acceptors (Lipinski definition) is 17. The van der Waals surface area contributed by atoms with Crippen LogP contribution in [0.5, 0.6) is 0 Å². The SMILES string of the molecule is NCCCC(=O)[C@H](O)[C@@H](O)[C@@H](O)[C@H](O)C(=O)NCCN.O=C(CI)CCCNC(=O)[C@@H](O)[C@H](O)[C@H](O)[C@@H](O)C(=O)CCCNC(=O)CI.O=C(Cl)CI. The van der Waals surface area contributed by atoms with Crippen molar-refractivity contribution in [2.45, 2.75) is 87.4 Å². The molecule has 0 rings (SSSR count). The van der Waals surface area contributed by atoms with Crippen LogP contribution in [0.25, 0.3) is 0 Å². The van der Waals surface area contributed by atoms with Gasteiger partial charge in [0.05, 0.1) is 13.3 Å². The molecule has 0 heterocycles. The molecule has 0 aromatic carbocycles. The third kappa shape index (κ3) is 27.4. The summed E-state index contributed by atoms with van der Waals surface area (Å²) in [6.07, 6.45) is -15.1. The Bertz CT molecular complexity index is 1040. The van der Waals surface area contributed by atoms with Crippen LogP contribution in [-0.2, 0) is 33.6 Å². The molecule has 0 radical (unpaired) electrons. The van der Waals surface area contributed by atoms with Gasteiger partial charge in [-0.1, -0.05) is 67.8 Å². The maximum absolute atomic E-state index is 11.8. The first-order chi connectivity index (χ1) is 24.8. The van der Waals surface area contributed by atoms with Gasteiger partial charge in [0.15, 0.2) is 23.8 Å². The Morgan fingerprint density at radius 3 is 1.26 bits per heavy atom. The van der Waals surface area contributed by atoms with E-state index in [-0.39, 0.29) is 79.8 Å². The van der Waals surface area contributed by atoms with Gasteiger partial charge >= 0.3 is 0 Å². The zero-order chi connectivity index (χ0) is 41.7. The van der Waals surface area contributed by atoms with Crippen LogP contribution in [0, 0.1) is 0 Å². The fourth-order valence-electron chi connectivity index (χ4n) is 3.52. The third-order valence-corrected chi connectivity index (χ3v) is 9.31. The van der Waals surface area contributed by atoms with Gasteiger partial charge in [-0.25, -0.2) is 0 Å². The Kier molecular flexibility index (Phi) is 36.7. The number of alkyl halides is 3. The highest BCUT2D eigenvalue weighted by Crippen LogP contribution is 2.10. The van der Waals surface area contributed by atoms with Gasteiger partial charge in [0.1, 0.15) is 42.4 Å². The number of halogens is 4. The predicted molar refractivity (Wildman–Crippen MR) is 215 cm³/mol. The number of aliphatic hydroxyl groups is 8. The van der Waals surface area contributed by atoms with Crippen LogP contribution in [0.4, 0.5) is 0 Å². The lowest BCUT2D eigenvalue weighted by molar-refractivity contribution is -0.154. The first kappa shape index (κ1) is 56.5. The summed E-state index contributed by atoms with van der Waals surface area (Å²) in [5.74, 6) is -3.65. The Hall–Kier alpha value is -0.830. The predicted octanol–water partition coefficient (Wildman–Crippen LogP) is -4.77. The molecule has 0 aromatic heterocycles. The van der Waals surface area contributed by atoms with Crippen LogP contribution < -0.4 is 27.4 Å². The van der Waals surface area contributed by atoms with E-state index in [1.54, 1.807) is 0 Å². The van der Waals surface area contributed by atoms with Gasteiger partial charge in [-0.05, 0) is 37.4 Å². The van der Waals surface area contributed by atoms with E-state index >= 15 is 0 Å². The summed E-state index contributed by atoms with van der Waals surface area (Å²) in [7, 11) is 0. The molecule has 53 heavy (non-hydrogen) atoms. The Morgan fingerprint density at radius 2 is 0.887 bits per heavy atom. The number of nitrogens with two attached hydrogens (primary N) is 2. The van der Waals surface area contributed by atoms with Crippen molar-refractivity contribution < 1.29 is 74.4 Å². The molecule has 0 fully saturated rings. The van der Waals surface area contributed by atoms with E-state index < -0.39 is 72.2 Å². The van der Waals surface area contributed by atoms with Crippen molar-refractivity contribution in [2.75, 3.05) is 46.0 Å². The molecule has 3 amide bonds. The summed E-state index contributed by atoms with van der Waals surface area (Å²) in [5, 5.41) is 84.2. The molecule has 0 aliphatic heterocycles. The number of ketones is 3. The molecular formula is C29H51ClI3N5O15. The standard InChI is InChI=1S/C16H26I2N2O8.C11H23N3O6.C2H2ClIO/c17-7-9(21)3-1-6-20-16(28)15(27)14(26)13(25)12(24)10(22)4-2-5-19-11(23)8-18;12-3-1-2-6(15)7(16)8(17)9(18)10(19)11(20)14-5-4-13;3-2(5)1-4/h12-15,24-27H,1-8H2,(H,19,23)(H,20,28);7-10,16-19H,1-5,12-13H2,(H,14,20);1H2/t12-,13+,14+,15-;7-,8+,9+,10-;/m00./s1. The minimum Gasteiger partial charge on any atom is -0.387 e. The monoisotopic (exact) mass is 1130 g/mol. The molecule has 20 nitrogen and oxygen atoms in total. The van der Waals surface area contributed by atoms with E-state index in [1.807, 2.05) is 67.8 Å². The molecular weight excluding hydrogens is 1070 g/mol. The zero-order valence-electron chi connectivity index (χ0n) is 28.6. The number of Topliss-reactive ketones (excluding diaryl/α,β-unsaturated/α-hetero) is 3. The summed E-state index contributed by atoms with van der Waals surface area (Å²) < 4.78 is 1.03. The second-order valence-corrected chi connectivity index (χ2v) is 13.5. The van der Waals surface area contributed by atoms with Crippen LogP contribution in [0.3, 0.4) is 0 Å². The quantitative estimate of drug-likeness (QED) is 0.0167. The van der Waals surface area contributed by atoms with Crippen LogP contribution in [-0.4, -0.2) is 176 Å². The Balaban J connectivity index is -0.000000870. The molecule has 0 aromatic rings. The molecule has 0 aliphatic carbocycles. The average Bonchev–Trinajstić information content (AvgIpc) is 3.16. The Morgan fingerprint density at radius 1 is 0.509 bits per heavy atom. The fraction of sp³-hybridized carbons (Fsp3) is 0.759. The number of aliphatic hydroxyl groups excluding tert-OH is 8. The maximum Gasteiger partial charge on any atom is 0.251 e. The van der Waals surface area contributed by atoms with Gasteiger partial charge in [-0.15, -0.1) is 0 Å². The van der Waals surface area contributed by atoms with Gasteiger partial charge in [0, 0.05) is 45.4 Å². The summed E-state index contributed by atoms with van der Waals surface area (Å²) in [6, 6.07) is 0. The summed E-state index contributed by atoms with van der Waals surface area (Å²) >= 11 is 10.5. The van der Waals surface area contributed by atoms with E-state index in [9.17, 15) is 74.4 Å². The molecule has 8 atom stereocenters. The lowest BCUT2D eigenvalue weighted by Gasteiger charge is -2.25. The molecule has 24 heteroatoms. The first-order valence-corrected chi connectivity index (χ1v) is 20.8. The zero-order valence-corrected chi connectivity index (χ0v) is 35.8. The van der Waals surface area contributed by atoms with Crippen molar-refractivity contribution in [2.24, 2.45) is 11.5 Å². The van der Waals surface area contributed by atoms with Crippen LogP contribution >= 0.6 is 79.4 Å². The molecule has 310 valence electrons. The van der Waals surface area contributed by atoms with E-state index in [0.29, 0.717) is 21.7 Å². The molecule has 0 aliphatic rings. The number of nitrogens with one attached hydrogen (secondary N) is 3. The lowest BCUT2D eigenvalue weighted by Crippen LogP contribution is -2.53. The minimum atomic E-state index is -2.08. The van der Waals surface area contributed by atoms with Gasteiger partial charge in [-0.3, -0.25) is 33.6 Å². The number of amides is 3. The number of hydrogen-bond donors (Lipinski definition) is 13. The minimum absolute atomic E-state index is 0.0151. The number of rotatable bonds is 26. The van der Waals surface area contributed by atoms with Crippen molar-refractivity contribution in [1.29, 1.82) is 0 Å². The molecule has 0 bridgehead atoms. The molecule has 0 saturated heterocycles. The highest BCUT2D eigenvalue weighted by atomic mass is 127. The van der Waals surface area contributed by atoms with Crippen molar-refractivity contribution >= 4 is 120 Å². The summed E-state index contributed by atoms with van der Waals surface area (Å²) in [6.45, 7) is 0.755. The highest BCUT2D eigenvalue weighted by molar-refractivity contribution is 14.1.